The normalized spacial score (nSPS) is 12.2. The predicted octanol–water partition coefficient (Wildman–Crippen LogP) is 3.21. The molecular weight excluding hydrogens is 502 g/mol. The maximum atomic E-state index is 12.7. The van der Waals surface area contributed by atoms with Gasteiger partial charge in [0, 0.05) is 17.5 Å². The molecule has 0 bridgehead atoms. The number of amides is 2. The number of thiophene rings is 1. The molecule has 4 rings (SSSR count). The molecule has 0 atom stereocenters. The number of thioether (sulfide) groups is 1. The first-order valence-electron chi connectivity index (χ1n) is 11.5. The summed E-state index contributed by atoms with van der Waals surface area (Å²) in [4.78, 5) is 38.8. The average molecular weight is 530 g/mol. The van der Waals surface area contributed by atoms with Crippen molar-refractivity contribution in [1.82, 2.24) is 20.1 Å². The Bertz CT molecular complexity index is 1290. The topological polar surface area (TPSA) is 124 Å². The summed E-state index contributed by atoms with van der Waals surface area (Å²) in [5.74, 6) is 0.335. The van der Waals surface area contributed by atoms with E-state index in [1.54, 1.807) is 49.9 Å². The highest BCUT2D eigenvalue weighted by molar-refractivity contribution is 7.99. The number of fused-ring (bicyclic) bond motifs is 1. The number of esters is 1. The molecule has 36 heavy (non-hydrogen) atoms. The lowest BCUT2D eigenvalue weighted by Gasteiger charge is -2.08. The number of ether oxygens (including phenoxy) is 2. The lowest BCUT2D eigenvalue weighted by Crippen LogP contribution is -2.24. The molecule has 0 fully saturated rings. The molecule has 0 aliphatic heterocycles. The Morgan fingerprint density at radius 2 is 2.06 bits per heavy atom. The van der Waals surface area contributed by atoms with Crippen LogP contribution in [0.15, 0.2) is 29.4 Å². The second-order valence-corrected chi connectivity index (χ2v) is 10.0. The fourth-order valence-electron chi connectivity index (χ4n) is 3.85. The number of rotatable bonds is 10. The number of carbonyl (C=O) groups is 3. The SMILES string of the molecule is CCOC(=O)c1c(NC(=O)CSc2nnc(CNC(=O)c3cccc(OC)c3)n2C)sc2c1CCC2. The zero-order valence-corrected chi connectivity index (χ0v) is 21.9. The summed E-state index contributed by atoms with van der Waals surface area (Å²) in [6.07, 6.45) is 2.74. The van der Waals surface area contributed by atoms with Gasteiger partial charge in [-0.2, -0.15) is 0 Å². The van der Waals surface area contributed by atoms with E-state index in [9.17, 15) is 14.4 Å². The largest absolute Gasteiger partial charge is 0.497 e. The van der Waals surface area contributed by atoms with E-state index in [4.69, 9.17) is 9.47 Å². The van der Waals surface area contributed by atoms with E-state index in [1.807, 2.05) is 0 Å². The van der Waals surface area contributed by atoms with Gasteiger partial charge in [-0.15, -0.1) is 21.5 Å². The summed E-state index contributed by atoms with van der Waals surface area (Å²) in [7, 11) is 3.32. The zero-order chi connectivity index (χ0) is 25.7. The molecule has 10 nitrogen and oxygen atoms in total. The van der Waals surface area contributed by atoms with Crippen LogP contribution in [0.3, 0.4) is 0 Å². The van der Waals surface area contributed by atoms with E-state index < -0.39 is 5.97 Å². The third kappa shape index (κ3) is 5.71. The van der Waals surface area contributed by atoms with Gasteiger partial charge in [0.15, 0.2) is 11.0 Å². The number of methoxy groups -OCH3 is 1. The second kappa shape index (κ2) is 11.6. The molecule has 1 aliphatic rings. The molecule has 0 radical (unpaired) electrons. The summed E-state index contributed by atoms with van der Waals surface area (Å²) in [6.45, 7) is 2.22. The lowest BCUT2D eigenvalue weighted by molar-refractivity contribution is -0.113. The van der Waals surface area contributed by atoms with Crippen LogP contribution in [0, 0.1) is 0 Å². The van der Waals surface area contributed by atoms with E-state index in [2.05, 4.69) is 20.8 Å². The van der Waals surface area contributed by atoms with Gasteiger partial charge in [-0.3, -0.25) is 9.59 Å². The molecular formula is C24H27N5O5S2. The van der Waals surface area contributed by atoms with E-state index in [0.29, 0.717) is 32.9 Å². The fraction of sp³-hybridized carbons (Fsp3) is 0.375. The van der Waals surface area contributed by atoms with Crippen LogP contribution in [-0.4, -0.2) is 52.0 Å². The van der Waals surface area contributed by atoms with Crippen LogP contribution in [0.1, 0.15) is 50.3 Å². The van der Waals surface area contributed by atoms with Crippen LogP contribution in [0.2, 0.25) is 0 Å². The van der Waals surface area contributed by atoms with Gasteiger partial charge in [-0.1, -0.05) is 17.8 Å². The first-order chi connectivity index (χ1) is 17.4. The number of nitrogens with zero attached hydrogens (tertiary/aromatic N) is 3. The molecule has 1 aromatic carbocycles. The molecule has 12 heteroatoms. The minimum Gasteiger partial charge on any atom is -0.497 e. The number of nitrogens with one attached hydrogen (secondary N) is 2. The van der Waals surface area contributed by atoms with Gasteiger partial charge < -0.3 is 24.7 Å². The van der Waals surface area contributed by atoms with Crippen molar-refractivity contribution < 1.29 is 23.9 Å². The molecule has 0 unspecified atom stereocenters. The van der Waals surface area contributed by atoms with Crippen molar-refractivity contribution in [3.8, 4) is 5.75 Å². The first kappa shape index (κ1) is 25.7. The quantitative estimate of drug-likeness (QED) is 0.303. The third-order valence-electron chi connectivity index (χ3n) is 5.65. The average Bonchev–Trinajstić information content (AvgIpc) is 3.56. The number of anilines is 1. The van der Waals surface area contributed by atoms with Crippen LogP contribution >= 0.6 is 23.1 Å². The summed E-state index contributed by atoms with van der Waals surface area (Å²) in [5.41, 5.74) is 1.96. The van der Waals surface area contributed by atoms with Crippen molar-refractivity contribution in [2.45, 2.75) is 37.9 Å². The Morgan fingerprint density at radius 1 is 1.22 bits per heavy atom. The summed E-state index contributed by atoms with van der Waals surface area (Å²) in [6, 6.07) is 6.86. The maximum absolute atomic E-state index is 12.7. The van der Waals surface area contributed by atoms with Crippen molar-refractivity contribution in [3.05, 3.63) is 51.7 Å². The molecule has 2 heterocycles. The lowest BCUT2D eigenvalue weighted by atomic mass is 10.1. The van der Waals surface area contributed by atoms with Crippen LogP contribution in [0.5, 0.6) is 5.75 Å². The molecule has 2 N–H and O–H groups in total. The second-order valence-electron chi connectivity index (χ2n) is 7.99. The Kier molecular flexibility index (Phi) is 8.26. The highest BCUT2D eigenvalue weighted by Crippen LogP contribution is 2.39. The van der Waals surface area contributed by atoms with Gasteiger partial charge in [-0.05, 0) is 49.9 Å². The van der Waals surface area contributed by atoms with Gasteiger partial charge >= 0.3 is 5.97 Å². The number of benzene rings is 1. The smallest absolute Gasteiger partial charge is 0.341 e. The Hall–Kier alpha value is -3.38. The highest BCUT2D eigenvalue weighted by Gasteiger charge is 2.28. The number of carbonyl (C=O) groups excluding carboxylic acids is 3. The predicted molar refractivity (Wildman–Crippen MR) is 137 cm³/mol. The van der Waals surface area contributed by atoms with Gasteiger partial charge in [0.2, 0.25) is 5.91 Å². The summed E-state index contributed by atoms with van der Waals surface area (Å²) >= 11 is 2.67. The minimum atomic E-state index is -0.395. The third-order valence-corrected chi connectivity index (χ3v) is 7.88. The highest BCUT2D eigenvalue weighted by atomic mass is 32.2. The molecule has 3 aromatic rings. The van der Waals surface area contributed by atoms with Crippen LogP contribution in [0.4, 0.5) is 5.00 Å². The van der Waals surface area contributed by atoms with Gasteiger partial charge in [0.1, 0.15) is 10.8 Å². The van der Waals surface area contributed by atoms with Crippen LogP contribution < -0.4 is 15.4 Å². The van der Waals surface area contributed by atoms with E-state index >= 15 is 0 Å². The molecule has 0 saturated carbocycles. The standard InChI is InChI=1S/C24H27N5O5S2/c1-4-34-23(32)20-16-9-6-10-17(16)36-22(20)26-19(30)13-35-24-28-27-18(29(24)2)12-25-21(31)14-7-5-8-15(11-14)33-3/h5,7-8,11H,4,6,9-10,12-13H2,1-3H3,(H,25,31)(H,26,30). The van der Waals surface area contributed by atoms with E-state index in [0.717, 1.165) is 29.7 Å². The molecule has 190 valence electrons. The number of hydrogen-bond acceptors (Lipinski definition) is 9. The monoisotopic (exact) mass is 529 g/mol. The van der Waals surface area contributed by atoms with Crippen molar-refractivity contribution in [1.29, 1.82) is 0 Å². The number of aryl methyl sites for hydroxylation is 1. The molecule has 0 spiro atoms. The molecule has 2 amide bonds. The Morgan fingerprint density at radius 3 is 2.83 bits per heavy atom. The Balaban J connectivity index is 1.34. The van der Waals surface area contributed by atoms with Crippen molar-refractivity contribution >= 4 is 45.9 Å². The van der Waals surface area contributed by atoms with Gasteiger partial charge in [0.05, 0.1) is 31.6 Å². The maximum Gasteiger partial charge on any atom is 0.341 e. The molecule has 0 saturated heterocycles. The van der Waals surface area contributed by atoms with Crippen molar-refractivity contribution in [2.24, 2.45) is 7.05 Å². The minimum absolute atomic E-state index is 0.0903. The van der Waals surface area contributed by atoms with Crippen molar-refractivity contribution in [3.63, 3.8) is 0 Å². The van der Waals surface area contributed by atoms with Crippen LogP contribution in [0.25, 0.3) is 0 Å². The molecule has 2 aromatic heterocycles. The van der Waals surface area contributed by atoms with Crippen molar-refractivity contribution in [2.75, 3.05) is 24.8 Å². The zero-order valence-electron chi connectivity index (χ0n) is 20.3. The first-order valence-corrected chi connectivity index (χ1v) is 13.3. The molecule has 1 aliphatic carbocycles. The van der Waals surface area contributed by atoms with E-state index in [1.165, 1.54) is 23.1 Å². The van der Waals surface area contributed by atoms with Gasteiger partial charge in [-0.25, -0.2) is 4.79 Å². The van der Waals surface area contributed by atoms with Gasteiger partial charge in [0.25, 0.3) is 5.91 Å². The number of hydrogen-bond donors (Lipinski definition) is 2. The fourth-order valence-corrected chi connectivity index (χ4v) is 5.88. The summed E-state index contributed by atoms with van der Waals surface area (Å²) < 4.78 is 12.1. The number of aromatic nitrogens is 3. The Labute approximate surface area is 216 Å². The summed E-state index contributed by atoms with van der Waals surface area (Å²) in [5, 5.41) is 15.0. The van der Waals surface area contributed by atoms with Crippen LogP contribution in [-0.2, 0) is 36.0 Å². The van der Waals surface area contributed by atoms with E-state index in [-0.39, 0.29) is 30.7 Å².